The first-order chi connectivity index (χ1) is 15.7. The van der Waals surface area contributed by atoms with Crippen LogP contribution < -0.4 is 16.3 Å². The van der Waals surface area contributed by atoms with E-state index in [0.717, 1.165) is 52.9 Å². The Morgan fingerprint density at radius 1 is 0.906 bits per heavy atom. The van der Waals surface area contributed by atoms with Gasteiger partial charge in [-0.1, -0.05) is 42.5 Å². The number of benzene rings is 2. The van der Waals surface area contributed by atoms with Crippen molar-refractivity contribution in [2.75, 3.05) is 6.61 Å². The number of allylic oxidation sites excluding steroid dienone is 3. The summed E-state index contributed by atoms with van der Waals surface area (Å²) in [6, 6.07) is 20.1. The Hall–Kier alpha value is -3.80. The van der Waals surface area contributed by atoms with Crippen molar-refractivity contribution < 1.29 is 9.47 Å². The minimum absolute atomic E-state index is 0.406. The molecule has 4 rings (SSSR count). The number of para-hydroxylation sites is 1. The number of nitrogens with two attached hydrogens (primary N) is 2. The van der Waals surface area contributed by atoms with E-state index in [9.17, 15) is 0 Å². The Labute approximate surface area is 188 Å². The van der Waals surface area contributed by atoms with Gasteiger partial charge in [0.05, 0.1) is 17.0 Å². The normalized spacial score (nSPS) is 14.4. The van der Waals surface area contributed by atoms with Gasteiger partial charge in [-0.2, -0.15) is 5.10 Å². The van der Waals surface area contributed by atoms with Crippen molar-refractivity contribution in [1.29, 1.82) is 0 Å². The molecule has 0 atom stereocenters. The van der Waals surface area contributed by atoms with Crippen LogP contribution in [0.3, 0.4) is 0 Å². The van der Waals surface area contributed by atoms with Gasteiger partial charge in [0.1, 0.15) is 24.8 Å². The number of hydrazone groups is 1. The van der Waals surface area contributed by atoms with E-state index < -0.39 is 0 Å². The Kier molecular flexibility index (Phi) is 7.02. The molecule has 4 N–H and O–H groups in total. The van der Waals surface area contributed by atoms with E-state index in [1.165, 1.54) is 5.57 Å². The maximum absolute atomic E-state index is 6.05. The van der Waals surface area contributed by atoms with Crippen LogP contribution in [0.15, 0.2) is 89.2 Å². The molecule has 0 radical (unpaired) electrons. The van der Waals surface area contributed by atoms with Gasteiger partial charge in [0, 0.05) is 18.2 Å². The molecule has 6 heteroatoms. The van der Waals surface area contributed by atoms with Crippen LogP contribution >= 0.6 is 0 Å². The number of amidine groups is 1. The van der Waals surface area contributed by atoms with Crippen molar-refractivity contribution in [2.24, 2.45) is 16.7 Å². The number of ether oxygens (including phenoxy) is 2. The van der Waals surface area contributed by atoms with Crippen LogP contribution in [-0.4, -0.2) is 17.4 Å². The quantitative estimate of drug-likeness (QED) is 0.237. The number of rotatable bonds is 8. The molecule has 0 aliphatic heterocycles. The van der Waals surface area contributed by atoms with Gasteiger partial charge in [0.25, 0.3) is 0 Å². The minimum Gasteiger partial charge on any atom is -0.492 e. The summed E-state index contributed by atoms with van der Waals surface area (Å²) in [6.45, 7) is 1.03. The maximum atomic E-state index is 6.05. The second-order valence-corrected chi connectivity index (χ2v) is 7.83. The second kappa shape index (κ2) is 10.5. The first kappa shape index (κ1) is 21.4. The van der Waals surface area contributed by atoms with E-state index in [4.69, 9.17) is 21.1 Å². The number of pyridine rings is 1. The molecule has 0 spiro atoms. The van der Waals surface area contributed by atoms with Gasteiger partial charge in [0.15, 0.2) is 0 Å². The number of hydrogen-bond acceptors (Lipinski definition) is 5. The van der Waals surface area contributed by atoms with Gasteiger partial charge in [-0.15, -0.1) is 0 Å². The standard InChI is InChI=1S/C26H28N4O2/c27-26(30-28)16-19-8-13-24(14-9-19)31-17-20-4-3-6-23(15-10-20)32-18-22-12-11-21-5-1-2-7-25(21)29-22/h1-2,5,7-15H,3-4,6,16-18,28H2,(H2,27,30). The summed E-state index contributed by atoms with van der Waals surface area (Å²) in [5.74, 6) is 7.40. The molecular formula is C26H28N4O2. The molecule has 3 aromatic rings. The lowest BCUT2D eigenvalue weighted by Gasteiger charge is -2.10. The number of nitrogens with zero attached hydrogens (tertiary/aromatic N) is 2. The molecule has 0 saturated carbocycles. The van der Waals surface area contributed by atoms with Gasteiger partial charge in [-0.05, 0) is 54.3 Å². The van der Waals surface area contributed by atoms with Gasteiger partial charge in [0.2, 0.25) is 0 Å². The van der Waals surface area contributed by atoms with Gasteiger partial charge in [-0.25, -0.2) is 4.98 Å². The Morgan fingerprint density at radius 3 is 2.59 bits per heavy atom. The fraction of sp³-hybridized carbons (Fsp3) is 0.231. The number of fused-ring (bicyclic) bond motifs is 1. The van der Waals surface area contributed by atoms with Crippen LogP contribution in [0.2, 0.25) is 0 Å². The van der Waals surface area contributed by atoms with Crippen molar-refractivity contribution in [3.63, 3.8) is 0 Å². The third-order valence-corrected chi connectivity index (χ3v) is 5.39. The predicted octanol–water partition coefficient (Wildman–Crippen LogP) is 4.60. The fourth-order valence-electron chi connectivity index (χ4n) is 3.60. The van der Waals surface area contributed by atoms with Crippen LogP contribution in [0.4, 0.5) is 0 Å². The first-order valence-electron chi connectivity index (χ1n) is 10.8. The highest BCUT2D eigenvalue weighted by Gasteiger charge is 2.08. The summed E-state index contributed by atoms with van der Waals surface area (Å²) < 4.78 is 12.0. The lowest BCUT2D eigenvalue weighted by atomic mass is 10.1. The average Bonchev–Trinajstić information content (AvgIpc) is 3.07. The molecule has 2 aromatic carbocycles. The van der Waals surface area contributed by atoms with E-state index in [-0.39, 0.29) is 0 Å². The molecule has 1 aliphatic carbocycles. The Morgan fingerprint density at radius 2 is 1.75 bits per heavy atom. The van der Waals surface area contributed by atoms with Crippen LogP contribution in [0.25, 0.3) is 10.9 Å². The lowest BCUT2D eigenvalue weighted by molar-refractivity contribution is 0.185. The molecule has 6 nitrogen and oxygen atoms in total. The summed E-state index contributed by atoms with van der Waals surface area (Å²) in [5.41, 5.74) is 9.89. The fourth-order valence-corrected chi connectivity index (χ4v) is 3.60. The third kappa shape index (κ3) is 5.88. The molecule has 0 fully saturated rings. The molecule has 164 valence electrons. The van der Waals surface area contributed by atoms with Gasteiger partial charge in [-0.3, -0.25) is 0 Å². The monoisotopic (exact) mass is 428 g/mol. The van der Waals surface area contributed by atoms with Crippen molar-refractivity contribution in [1.82, 2.24) is 4.98 Å². The lowest BCUT2D eigenvalue weighted by Crippen LogP contribution is -2.16. The van der Waals surface area contributed by atoms with Crippen LogP contribution in [0.5, 0.6) is 5.75 Å². The zero-order valence-electron chi connectivity index (χ0n) is 18.0. The van der Waals surface area contributed by atoms with E-state index >= 15 is 0 Å². The van der Waals surface area contributed by atoms with E-state index in [0.29, 0.717) is 25.5 Å². The highest BCUT2D eigenvalue weighted by atomic mass is 16.5. The smallest absolute Gasteiger partial charge is 0.130 e. The molecular weight excluding hydrogens is 400 g/mol. The second-order valence-electron chi connectivity index (χ2n) is 7.83. The zero-order chi connectivity index (χ0) is 22.2. The highest BCUT2D eigenvalue weighted by Crippen LogP contribution is 2.22. The van der Waals surface area contributed by atoms with Crippen LogP contribution in [0, 0.1) is 0 Å². The minimum atomic E-state index is 0.406. The summed E-state index contributed by atoms with van der Waals surface area (Å²) in [6.07, 6.45) is 7.63. The Bertz CT molecular complexity index is 1150. The van der Waals surface area contributed by atoms with E-state index in [2.05, 4.69) is 34.4 Å². The van der Waals surface area contributed by atoms with Crippen molar-refractivity contribution >= 4 is 16.7 Å². The van der Waals surface area contributed by atoms with Gasteiger partial charge < -0.3 is 21.1 Å². The van der Waals surface area contributed by atoms with Crippen LogP contribution in [0.1, 0.15) is 30.5 Å². The highest BCUT2D eigenvalue weighted by molar-refractivity contribution is 5.82. The molecule has 1 aromatic heterocycles. The molecule has 32 heavy (non-hydrogen) atoms. The summed E-state index contributed by atoms with van der Waals surface area (Å²) in [7, 11) is 0. The maximum Gasteiger partial charge on any atom is 0.130 e. The summed E-state index contributed by atoms with van der Waals surface area (Å²) in [5, 5.41) is 4.64. The average molecular weight is 429 g/mol. The predicted molar refractivity (Wildman–Crippen MR) is 128 cm³/mol. The SMILES string of the molecule is N/N=C(\N)Cc1ccc(OCC2=CC=C(OCc3ccc4ccccc4n3)CCC2)cc1. The number of aromatic nitrogens is 1. The molecule has 0 unspecified atom stereocenters. The van der Waals surface area contributed by atoms with Crippen molar-refractivity contribution in [2.45, 2.75) is 32.3 Å². The molecule has 1 heterocycles. The Balaban J connectivity index is 1.30. The summed E-state index contributed by atoms with van der Waals surface area (Å²) in [4.78, 5) is 4.68. The molecule has 0 amide bonds. The van der Waals surface area contributed by atoms with E-state index in [1.807, 2.05) is 48.5 Å². The molecule has 0 bridgehead atoms. The van der Waals surface area contributed by atoms with Crippen molar-refractivity contribution in [3.05, 3.63) is 95.4 Å². The topological polar surface area (TPSA) is 95.8 Å². The largest absolute Gasteiger partial charge is 0.492 e. The summed E-state index contributed by atoms with van der Waals surface area (Å²) >= 11 is 0. The zero-order valence-corrected chi connectivity index (χ0v) is 18.0. The van der Waals surface area contributed by atoms with Gasteiger partial charge >= 0.3 is 0 Å². The first-order valence-corrected chi connectivity index (χ1v) is 10.8. The molecule has 1 aliphatic rings. The molecule has 0 saturated heterocycles. The third-order valence-electron chi connectivity index (χ3n) is 5.39. The van der Waals surface area contributed by atoms with Crippen molar-refractivity contribution in [3.8, 4) is 5.75 Å². The number of hydrogen-bond donors (Lipinski definition) is 2. The van der Waals surface area contributed by atoms with E-state index in [1.54, 1.807) is 0 Å². The van der Waals surface area contributed by atoms with Crippen LogP contribution in [-0.2, 0) is 17.8 Å².